The van der Waals surface area contributed by atoms with Crippen LogP contribution >= 0.6 is 50.1 Å². The highest BCUT2D eigenvalue weighted by atomic mass is 127. The number of carbonyl (C=O) groups is 6. The highest BCUT2D eigenvalue weighted by Gasteiger charge is 2.29. The molecule has 0 radical (unpaired) electrons. The third-order valence-electron chi connectivity index (χ3n) is 9.97. The Hall–Kier alpha value is -4.80. The lowest BCUT2D eigenvalue weighted by molar-refractivity contribution is -0.126. The van der Waals surface area contributed by atoms with E-state index in [1.807, 2.05) is 51.1 Å². The van der Waals surface area contributed by atoms with Crippen molar-refractivity contribution in [2.45, 2.75) is 128 Å². The van der Waals surface area contributed by atoms with Crippen LogP contribution in [0.2, 0.25) is 5.02 Å². The number of benzene rings is 3. The summed E-state index contributed by atoms with van der Waals surface area (Å²) in [5.74, 6) is 0.998. The third-order valence-corrected chi connectivity index (χ3v) is 11.6. The SMILES string of the molecule is C.C.C.C.COc1c(Br)cc(N2C=CC(=O)CC2=O)cc1C(C)(C)C.COc1c(Cl)cc(N2C=CC(=O)CC2=O)cc1C(C)(C)C.COc1c(I)cc(N2C=CC(=O)CC2=O)cc1C(C)(C)C. The molecule has 12 nitrogen and oxygen atoms in total. The summed E-state index contributed by atoms with van der Waals surface area (Å²) in [6, 6.07) is 11.2. The van der Waals surface area contributed by atoms with Gasteiger partial charge in [0.1, 0.15) is 17.2 Å². The molecule has 3 aromatic carbocycles. The molecule has 3 amide bonds. The van der Waals surface area contributed by atoms with Gasteiger partial charge in [-0.2, -0.15) is 0 Å². The number of anilines is 3. The molecule has 3 heterocycles. The van der Waals surface area contributed by atoms with Crippen LogP contribution in [0.15, 0.2) is 77.7 Å². The van der Waals surface area contributed by atoms with Gasteiger partial charge in [-0.15, -0.1) is 0 Å². The van der Waals surface area contributed by atoms with Crippen molar-refractivity contribution < 1.29 is 43.0 Å². The third kappa shape index (κ3) is 15.4. The average molecular weight is 1120 g/mol. The van der Waals surface area contributed by atoms with Gasteiger partial charge in [0.25, 0.3) is 0 Å². The smallest absolute Gasteiger partial charge is 0.238 e. The number of hydrogen-bond acceptors (Lipinski definition) is 9. The molecule has 67 heavy (non-hydrogen) atoms. The van der Waals surface area contributed by atoms with Gasteiger partial charge in [0.05, 0.1) is 59.3 Å². The lowest BCUT2D eigenvalue weighted by atomic mass is 9.86. The van der Waals surface area contributed by atoms with E-state index >= 15 is 0 Å². The predicted molar refractivity (Wildman–Crippen MR) is 286 cm³/mol. The second kappa shape index (κ2) is 25.0. The molecule has 368 valence electrons. The summed E-state index contributed by atoms with van der Waals surface area (Å²) < 4.78 is 18.1. The topological polar surface area (TPSA) is 140 Å². The molecule has 0 N–H and O–H groups in total. The molecule has 3 aliphatic rings. The standard InChI is InChI=1S/C16H18BrNO3.C16H18ClNO3.C16H18INO3.4CH4/c3*1-16(2,3)12-7-10(8-13(17)15(12)21-4)18-6-5-11(19)9-14(18)20;;;;/h3*5-8H,9H2,1-4H3;4*1H4. The van der Waals surface area contributed by atoms with Gasteiger partial charge in [-0.25, -0.2) is 0 Å². The molecule has 6 rings (SSSR count). The normalized spacial score (nSPS) is 14.6. The summed E-state index contributed by atoms with van der Waals surface area (Å²) >= 11 is 12.0. The van der Waals surface area contributed by atoms with E-state index < -0.39 is 0 Å². The van der Waals surface area contributed by atoms with E-state index in [0.717, 1.165) is 47.6 Å². The number of rotatable bonds is 6. The molecule has 0 aromatic heterocycles. The first-order valence-corrected chi connectivity index (χ1v) is 22.2. The molecule has 0 spiro atoms. The fourth-order valence-corrected chi connectivity index (χ4v) is 8.47. The second-order valence-corrected chi connectivity index (χ2v) is 20.4. The van der Waals surface area contributed by atoms with Crippen molar-refractivity contribution >= 4 is 102 Å². The Labute approximate surface area is 426 Å². The summed E-state index contributed by atoms with van der Waals surface area (Å²) in [5.41, 5.74) is 4.62. The van der Waals surface area contributed by atoms with Gasteiger partial charge >= 0.3 is 0 Å². The van der Waals surface area contributed by atoms with Crippen LogP contribution in [0.25, 0.3) is 0 Å². The lowest BCUT2D eigenvalue weighted by Crippen LogP contribution is -2.31. The minimum absolute atomic E-state index is 0. The van der Waals surface area contributed by atoms with E-state index in [1.165, 1.54) is 45.3 Å². The van der Waals surface area contributed by atoms with Crippen LogP contribution in [0, 0.1) is 3.57 Å². The number of carbonyl (C=O) groups excluding carboxylic acids is 6. The van der Waals surface area contributed by atoms with Crippen LogP contribution in [-0.2, 0) is 45.0 Å². The molecule has 3 aromatic rings. The maximum Gasteiger partial charge on any atom is 0.238 e. The number of ketones is 3. The lowest BCUT2D eigenvalue weighted by Gasteiger charge is -2.27. The number of allylic oxidation sites excluding steroid dienone is 3. The highest BCUT2D eigenvalue weighted by molar-refractivity contribution is 14.1. The van der Waals surface area contributed by atoms with Crippen molar-refractivity contribution in [2.24, 2.45) is 0 Å². The molecule has 15 heteroatoms. The first kappa shape index (κ1) is 62.2. The van der Waals surface area contributed by atoms with Crippen molar-refractivity contribution in [3.63, 3.8) is 0 Å². The van der Waals surface area contributed by atoms with Crippen LogP contribution in [-0.4, -0.2) is 56.4 Å². The maximum atomic E-state index is 12.1. The van der Waals surface area contributed by atoms with Gasteiger partial charge in [-0.05, 0) is 109 Å². The Kier molecular flexibility index (Phi) is 23.2. The highest BCUT2D eigenvalue weighted by Crippen LogP contribution is 2.43. The Morgan fingerprint density at radius 2 is 0.791 bits per heavy atom. The minimum Gasteiger partial charge on any atom is -0.495 e. The largest absolute Gasteiger partial charge is 0.495 e. The molecule has 0 saturated heterocycles. The van der Waals surface area contributed by atoms with Gasteiger partial charge in [0.2, 0.25) is 17.7 Å². The summed E-state index contributed by atoms with van der Waals surface area (Å²) in [7, 11) is 4.84. The summed E-state index contributed by atoms with van der Waals surface area (Å²) in [6.07, 6.45) is 8.52. The van der Waals surface area contributed by atoms with Crippen molar-refractivity contribution in [3.8, 4) is 17.2 Å². The van der Waals surface area contributed by atoms with Crippen LogP contribution in [0.5, 0.6) is 17.2 Å². The van der Waals surface area contributed by atoms with E-state index in [4.69, 9.17) is 25.8 Å². The van der Waals surface area contributed by atoms with Gasteiger partial charge in [-0.3, -0.25) is 43.5 Å². The second-order valence-electron chi connectivity index (χ2n) is 17.9. The number of nitrogens with zero attached hydrogens (tertiary/aromatic N) is 3. The van der Waals surface area contributed by atoms with Crippen LogP contribution < -0.4 is 28.9 Å². The van der Waals surface area contributed by atoms with Crippen LogP contribution in [0.1, 0.15) is 128 Å². The molecule has 0 fully saturated rings. The van der Waals surface area contributed by atoms with Crippen molar-refractivity contribution in [2.75, 3.05) is 36.0 Å². The Morgan fingerprint density at radius 3 is 1.10 bits per heavy atom. The fraction of sp³-hybridized carbons (Fsp3) is 0.423. The zero-order chi connectivity index (χ0) is 47.4. The first-order chi connectivity index (χ1) is 29.2. The molecule has 0 aliphatic carbocycles. The van der Waals surface area contributed by atoms with Crippen molar-refractivity contribution in [1.82, 2.24) is 0 Å². The number of methoxy groups -OCH3 is 3. The molecule has 0 bridgehead atoms. The zero-order valence-electron chi connectivity index (χ0n) is 37.7. The van der Waals surface area contributed by atoms with Gasteiger partial charge in [0, 0.05) is 46.7 Å². The predicted octanol–water partition coefficient (Wildman–Crippen LogP) is 13.0. The van der Waals surface area contributed by atoms with Crippen molar-refractivity contribution in [3.05, 3.63) is 103 Å². The number of hydrogen-bond donors (Lipinski definition) is 0. The summed E-state index contributed by atoms with van der Waals surface area (Å²) in [5, 5.41) is 0.443. The molecule has 0 unspecified atom stereocenters. The van der Waals surface area contributed by atoms with Gasteiger partial charge in [0.15, 0.2) is 17.3 Å². The molecule has 0 atom stereocenters. The molecular weight excluding hydrogens is 1050 g/mol. The maximum absolute atomic E-state index is 12.1. The zero-order valence-corrected chi connectivity index (χ0v) is 42.2. The van der Waals surface area contributed by atoms with E-state index in [9.17, 15) is 28.8 Å². The van der Waals surface area contributed by atoms with E-state index in [2.05, 4.69) is 80.1 Å². The number of halogens is 3. The van der Waals surface area contributed by atoms with E-state index in [1.54, 1.807) is 33.6 Å². The van der Waals surface area contributed by atoms with E-state index in [0.29, 0.717) is 16.5 Å². The summed E-state index contributed by atoms with van der Waals surface area (Å²) in [6.45, 7) is 18.7. The summed E-state index contributed by atoms with van der Waals surface area (Å²) in [4.78, 5) is 74.4. The molecular formula is C52H70BrClIN3O9. The number of amides is 3. The van der Waals surface area contributed by atoms with Crippen LogP contribution in [0.4, 0.5) is 17.1 Å². The Bertz CT molecular complexity index is 2160. The van der Waals surface area contributed by atoms with Gasteiger partial charge < -0.3 is 14.2 Å². The van der Waals surface area contributed by atoms with Gasteiger partial charge in [-0.1, -0.05) is 104 Å². The molecule has 0 saturated carbocycles. The molecule has 3 aliphatic heterocycles. The average Bonchev–Trinajstić information content (AvgIpc) is 3.16. The fourth-order valence-electron chi connectivity index (χ4n) is 6.74. The van der Waals surface area contributed by atoms with E-state index in [-0.39, 0.29) is 100 Å². The number of ether oxygens (including phenoxy) is 3. The Morgan fingerprint density at radius 1 is 0.493 bits per heavy atom. The Balaban J connectivity index is 0.000000947. The quantitative estimate of drug-likeness (QED) is 0.174. The van der Waals surface area contributed by atoms with Crippen molar-refractivity contribution in [1.29, 1.82) is 0 Å². The van der Waals surface area contributed by atoms with Crippen LogP contribution in [0.3, 0.4) is 0 Å². The minimum atomic E-state index is -0.261. The first-order valence-electron chi connectivity index (χ1n) is 19.9. The monoisotopic (exact) mass is 1120 g/mol.